The molecule has 0 N–H and O–H groups in total. The Balaban J connectivity index is 3.41. The van der Waals surface area contributed by atoms with Crippen LogP contribution in [0.1, 0.15) is 26.7 Å². The van der Waals surface area contributed by atoms with Crippen LogP contribution < -0.4 is 0 Å². The summed E-state index contributed by atoms with van der Waals surface area (Å²) < 4.78 is 9.42. The summed E-state index contributed by atoms with van der Waals surface area (Å²) in [5.41, 5.74) is 0. The molecule has 0 saturated carbocycles. The zero-order valence-electron chi connectivity index (χ0n) is 8.28. The van der Waals surface area contributed by atoms with Crippen LogP contribution in [0.4, 0.5) is 0 Å². The van der Waals surface area contributed by atoms with E-state index in [1.54, 1.807) is 0 Å². The second-order valence-electron chi connectivity index (χ2n) is 2.22. The van der Waals surface area contributed by atoms with Gasteiger partial charge in [-0.25, -0.2) is 0 Å². The average molecular weight is 238 g/mol. The van der Waals surface area contributed by atoms with E-state index < -0.39 is 0 Å². The SMILES string of the molecule is CCSOC(=O)CCC(=O)OSCC. The molecule has 6 heteroatoms. The molecule has 0 aromatic rings. The standard InChI is InChI=1S/C8H14O4S2/c1-3-13-11-7(9)5-6-8(10)12-14-4-2/h3-6H2,1-2H3. The van der Waals surface area contributed by atoms with E-state index in [9.17, 15) is 9.59 Å². The normalized spacial score (nSPS) is 9.57. The van der Waals surface area contributed by atoms with Crippen molar-refractivity contribution in [1.29, 1.82) is 0 Å². The minimum Gasteiger partial charge on any atom is -0.391 e. The number of rotatable bonds is 7. The third-order valence-corrected chi connectivity index (χ3v) is 2.15. The molecule has 14 heavy (non-hydrogen) atoms. The van der Waals surface area contributed by atoms with Crippen LogP contribution in [-0.4, -0.2) is 23.4 Å². The predicted octanol–water partition coefficient (Wildman–Crippen LogP) is 2.19. The largest absolute Gasteiger partial charge is 0.391 e. The molecule has 0 amide bonds. The molecule has 4 nitrogen and oxygen atoms in total. The lowest BCUT2D eigenvalue weighted by molar-refractivity contribution is -0.139. The van der Waals surface area contributed by atoms with Crippen LogP contribution in [0.25, 0.3) is 0 Å². The molecule has 82 valence electrons. The number of carbonyl (C=O) groups is 2. The van der Waals surface area contributed by atoms with Gasteiger partial charge in [0.05, 0.1) is 36.9 Å². The molecular formula is C8H14O4S2. The summed E-state index contributed by atoms with van der Waals surface area (Å²) in [5.74, 6) is 0.662. The van der Waals surface area contributed by atoms with Gasteiger partial charge in [0.15, 0.2) is 0 Å². The molecule has 0 fully saturated rings. The fourth-order valence-electron chi connectivity index (χ4n) is 0.537. The zero-order chi connectivity index (χ0) is 10.8. The monoisotopic (exact) mass is 238 g/mol. The predicted molar refractivity (Wildman–Crippen MR) is 57.7 cm³/mol. The van der Waals surface area contributed by atoms with Gasteiger partial charge in [0.1, 0.15) is 0 Å². The van der Waals surface area contributed by atoms with Gasteiger partial charge in [0.2, 0.25) is 0 Å². The Morgan fingerprint density at radius 3 is 1.57 bits per heavy atom. The Morgan fingerprint density at radius 2 is 1.29 bits per heavy atom. The third kappa shape index (κ3) is 8.25. The third-order valence-electron chi connectivity index (χ3n) is 1.07. The first kappa shape index (κ1) is 13.6. The van der Waals surface area contributed by atoms with E-state index in [4.69, 9.17) is 8.37 Å². The molecule has 0 spiro atoms. The van der Waals surface area contributed by atoms with E-state index in [1.165, 1.54) is 0 Å². The van der Waals surface area contributed by atoms with Crippen molar-refractivity contribution in [3.05, 3.63) is 0 Å². The quantitative estimate of drug-likeness (QED) is 0.634. The maximum Gasteiger partial charge on any atom is 0.318 e. The molecule has 0 aliphatic heterocycles. The van der Waals surface area contributed by atoms with Gasteiger partial charge >= 0.3 is 11.9 Å². The van der Waals surface area contributed by atoms with Crippen LogP contribution in [0.3, 0.4) is 0 Å². The van der Waals surface area contributed by atoms with Crippen molar-refractivity contribution in [3.63, 3.8) is 0 Å². The van der Waals surface area contributed by atoms with Gasteiger partial charge < -0.3 is 8.37 Å². The number of carbonyl (C=O) groups excluding carboxylic acids is 2. The van der Waals surface area contributed by atoms with E-state index in [2.05, 4.69) is 0 Å². The van der Waals surface area contributed by atoms with Crippen molar-refractivity contribution >= 4 is 36.0 Å². The molecule has 0 atom stereocenters. The molecule has 0 unspecified atom stereocenters. The van der Waals surface area contributed by atoms with E-state index in [0.717, 1.165) is 24.1 Å². The molecule has 0 aliphatic rings. The Labute approximate surface area is 92.5 Å². The van der Waals surface area contributed by atoms with E-state index in [1.807, 2.05) is 13.8 Å². The number of hydrogen-bond donors (Lipinski definition) is 0. The second kappa shape index (κ2) is 9.21. The Hall–Kier alpha value is -0.360. The zero-order valence-corrected chi connectivity index (χ0v) is 9.91. The summed E-state index contributed by atoms with van der Waals surface area (Å²) >= 11 is 2.16. The minimum absolute atomic E-state index is 0.0795. The van der Waals surface area contributed by atoms with Gasteiger partial charge in [0.25, 0.3) is 0 Å². The lowest BCUT2D eigenvalue weighted by Gasteiger charge is -2.01. The maximum atomic E-state index is 10.9. The minimum atomic E-state index is -0.379. The van der Waals surface area contributed by atoms with Gasteiger partial charge in [-0.1, -0.05) is 13.8 Å². The average Bonchev–Trinajstić information content (AvgIpc) is 2.20. The highest BCUT2D eigenvalue weighted by atomic mass is 32.2. The maximum absolute atomic E-state index is 10.9. The van der Waals surface area contributed by atoms with Gasteiger partial charge in [-0.3, -0.25) is 9.59 Å². The summed E-state index contributed by atoms with van der Waals surface area (Å²) in [6, 6.07) is 0. The summed E-state index contributed by atoms with van der Waals surface area (Å²) in [7, 11) is 0. The first-order valence-corrected chi connectivity index (χ1v) is 6.17. The van der Waals surface area contributed by atoms with Gasteiger partial charge in [-0.05, 0) is 0 Å². The topological polar surface area (TPSA) is 52.6 Å². The van der Waals surface area contributed by atoms with Crippen LogP contribution in [0.5, 0.6) is 0 Å². The Morgan fingerprint density at radius 1 is 0.929 bits per heavy atom. The summed E-state index contributed by atoms with van der Waals surface area (Å²) in [6.45, 7) is 3.76. The first-order valence-electron chi connectivity index (χ1n) is 4.35. The van der Waals surface area contributed by atoms with E-state index >= 15 is 0 Å². The smallest absolute Gasteiger partial charge is 0.318 e. The summed E-state index contributed by atoms with van der Waals surface area (Å²) in [5, 5.41) is 0. The number of hydrogen-bond acceptors (Lipinski definition) is 6. The van der Waals surface area contributed by atoms with Crippen molar-refractivity contribution in [3.8, 4) is 0 Å². The molecule has 0 bridgehead atoms. The molecule has 0 heterocycles. The van der Waals surface area contributed by atoms with Gasteiger partial charge in [0, 0.05) is 11.5 Å². The lowest BCUT2D eigenvalue weighted by Crippen LogP contribution is -2.05. The van der Waals surface area contributed by atoms with Crippen LogP contribution in [0, 0.1) is 0 Å². The van der Waals surface area contributed by atoms with Crippen LogP contribution in [0.15, 0.2) is 0 Å². The molecule has 0 aliphatic carbocycles. The van der Waals surface area contributed by atoms with Crippen molar-refractivity contribution < 1.29 is 18.0 Å². The van der Waals surface area contributed by atoms with Crippen molar-refractivity contribution in [2.45, 2.75) is 26.7 Å². The summed E-state index contributed by atoms with van der Waals surface area (Å²) in [6.07, 6.45) is 0.159. The van der Waals surface area contributed by atoms with Crippen molar-refractivity contribution in [1.82, 2.24) is 0 Å². The highest BCUT2D eigenvalue weighted by Crippen LogP contribution is 2.08. The van der Waals surface area contributed by atoms with Crippen LogP contribution in [-0.2, 0) is 18.0 Å². The molecular weight excluding hydrogens is 224 g/mol. The molecule has 0 radical (unpaired) electrons. The van der Waals surface area contributed by atoms with Crippen molar-refractivity contribution in [2.75, 3.05) is 11.5 Å². The van der Waals surface area contributed by atoms with E-state index in [-0.39, 0.29) is 24.8 Å². The molecule has 0 saturated heterocycles. The fourth-order valence-corrected chi connectivity index (χ4v) is 1.20. The molecule has 0 aromatic carbocycles. The second-order valence-corrected chi connectivity index (χ2v) is 4.18. The van der Waals surface area contributed by atoms with Gasteiger partial charge in [-0.2, -0.15) is 0 Å². The van der Waals surface area contributed by atoms with Gasteiger partial charge in [-0.15, -0.1) is 0 Å². The molecule has 0 aromatic heterocycles. The van der Waals surface area contributed by atoms with Crippen LogP contribution in [0.2, 0.25) is 0 Å². The van der Waals surface area contributed by atoms with Crippen LogP contribution >= 0.6 is 24.1 Å². The highest BCUT2D eigenvalue weighted by Gasteiger charge is 2.09. The molecule has 0 rings (SSSR count). The highest BCUT2D eigenvalue weighted by molar-refractivity contribution is 7.95. The Kier molecular flexibility index (Phi) is 8.97. The van der Waals surface area contributed by atoms with Crippen molar-refractivity contribution in [2.24, 2.45) is 0 Å². The lowest BCUT2D eigenvalue weighted by atomic mass is 10.3. The van der Waals surface area contributed by atoms with E-state index in [0.29, 0.717) is 11.5 Å². The Bertz CT molecular complexity index is 164. The summed E-state index contributed by atoms with van der Waals surface area (Å²) in [4.78, 5) is 21.8. The fraction of sp³-hybridized carbons (Fsp3) is 0.750. The first-order chi connectivity index (χ1) is 6.70.